The van der Waals surface area contributed by atoms with Crippen molar-refractivity contribution in [1.29, 1.82) is 0 Å². The average Bonchev–Trinajstić information content (AvgIpc) is 2.34. The molecule has 5 nitrogen and oxygen atoms in total. The molecule has 1 heterocycles. The van der Waals surface area contributed by atoms with Gasteiger partial charge in [-0.1, -0.05) is 6.07 Å². The minimum atomic E-state index is 0.345. The number of rotatable bonds is 5. The first-order valence-corrected chi connectivity index (χ1v) is 5.23. The normalized spacial score (nSPS) is 13.2. The van der Waals surface area contributed by atoms with E-state index in [0.29, 0.717) is 19.8 Å². The number of aryl methyl sites for hydroxylation is 1. The number of hydrogen-bond donors (Lipinski definition) is 0. The first kappa shape index (κ1) is 10.7. The Balaban J connectivity index is 1.92. The van der Waals surface area contributed by atoms with Crippen LogP contribution in [-0.2, 0) is 11.3 Å². The molecule has 16 heavy (non-hydrogen) atoms. The molecule has 1 aromatic rings. The van der Waals surface area contributed by atoms with Gasteiger partial charge in [0.15, 0.2) is 16.8 Å². The maximum atomic E-state index is 9.70. The van der Waals surface area contributed by atoms with Crippen molar-refractivity contribution in [2.24, 2.45) is 5.34 Å². The van der Waals surface area contributed by atoms with Crippen LogP contribution in [0.3, 0.4) is 0 Å². The smallest absolute Gasteiger partial charge is 0.161 e. The molecule has 0 atom stereocenters. The zero-order valence-electron chi connectivity index (χ0n) is 8.85. The second-order valence-corrected chi connectivity index (χ2v) is 3.49. The van der Waals surface area contributed by atoms with Gasteiger partial charge < -0.3 is 14.3 Å². The monoisotopic (exact) mass is 223 g/mol. The molecule has 0 amide bonds. The van der Waals surface area contributed by atoms with Crippen molar-refractivity contribution in [2.75, 3.05) is 19.8 Å². The van der Waals surface area contributed by atoms with E-state index in [-0.39, 0.29) is 0 Å². The van der Waals surface area contributed by atoms with Crippen molar-refractivity contribution in [1.82, 2.24) is 0 Å². The summed E-state index contributed by atoms with van der Waals surface area (Å²) in [5.41, 5.74) is 1.14. The molecule has 0 saturated carbocycles. The van der Waals surface area contributed by atoms with Gasteiger partial charge in [0.1, 0.15) is 19.8 Å². The Hall–Kier alpha value is -1.78. The Morgan fingerprint density at radius 2 is 2.06 bits per heavy atom. The molecule has 0 N–H and O–H groups in total. The molecule has 1 aliphatic heterocycles. The van der Waals surface area contributed by atoms with Crippen LogP contribution in [0.5, 0.6) is 11.5 Å². The Bertz CT molecular complexity index is 367. The van der Waals surface area contributed by atoms with E-state index in [4.69, 9.17) is 9.47 Å². The fraction of sp³-hybridized carbons (Fsp3) is 0.455. The van der Waals surface area contributed by atoms with Gasteiger partial charge in [-0.05, 0) is 30.5 Å². The highest BCUT2D eigenvalue weighted by Gasteiger charge is 2.11. The molecule has 0 saturated heterocycles. The number of fused-ring (bicyclic) bond motifs is 1. The topological polar surface area (TPSA) is 57.1 Å². The van der Waals surface area contributed by atoms with Gasteiger partial charge in [0.05, 0.1) is 0 Å². The fourth-order valence-corrected chi connectivity index (χ4v) is 1.62. The molecular weight excluding hydrogens is 210 g/mol. The summed E-state index contributed by atoms with van der Waals surface area (Å²) >= 11 is 0. The summed E-state index contributed by atoms with van der Waals surface area (Å²) in [5, 5.41) is 2.34. The van der Waals surface area contributed by atoms with Crippen molar-refractivity contribution in [3.8, 4) is 11.5 Å². The predicted molar refractivity (Wildman–Crippen MR) is 57.5 cm³/mol. The highest BCUT2D eigenvalue weighted by Crippen LogP contribution is 2.30. The van der Waals surface area contributed by atoms with E-state index in [1.165, 1.54) is 0 Å². The van der Waals surface area contributed by atoms with Crippen LogP contribution in [0.4, 0.5) is 0 Å². The summed E-state index contributed by atoms with van der Waals surface area (Å²) in [6.07, 6.45) is 1.58. The molecule has 0 spiro atoms. The van der Waals surface area contributed by atoms with Gasteiger partial charge in [-0.3, -0.25) is 0 Å². The molecule has 0 aliphatic carbocycles. The third-order valence-corrected chi connectivity index (χ3v) is 2.36. The molecular formula is C11H13NO4. The summed E-state index contributed by atoms with van der Waals surface area (Å²) in [6, 6.07) is 5.85. The standard InChI is InChI=1S/C11H13NO4/c13-12-16-5-1-2-9-3-4-10-11(8-9)15-7-6-14-10/h3-4,8H,1-2,5-7H2. The largest absolute Gasteiger partial charge is 0.486 e. The molecule has 0 unspecified atom stereocenters. The van der Waals surface area contributed by atoms with Gasteiger partial charge in [0.2, 0.25) is 0 Å². The van der Waals surface area contributed by atoms with E-state index in [1.54, 1.807) is 0 Å². The van der Waals surface area contributed by atoms with E-state index < -0.39 is 0 Å². The molecule has 0 aromatic heterocycles. The van der Waals surface area contributed by atoms with Crippen molar-refractivity contribution in [3.63, 3.8) is 0 Å². The highest BCUT2D eigenvalue weighted by atomic mass is 16.7. The second kappa shape index (κ2) is 5.34. The lowest BCUT2D eigenvalue weighted by Crippen LogP contribution is -2.15. The van der Waals surface area contributed by atoms with Crippen molar-refractivity contribution >= 4 is 0 Å². The van der Waals surface area contributed by atoms with E-state index in [1.807, 2.05) is 18.2 Å². The maximum absolute atomic E-state index is 9.70. The second-order valence-electron chi connectivity index (χ2n) is 3.49. The third-order valence-electron chi connectivity index (χ3n) is 2.36. The third kappa shape index (κ3) is 2.62. The first-order valence-electron chi connectivity index (χ1n) is 5.23. The predicted octanol–water partition coefficient (Wildman–Crippen LogP) is 2.09. The molecule has 0 radical (unpaired) electrons. The van der Waals surface area contributed by atoms with Crippen LogP contribution in [-0.4, -0.2) is 19.8 Å². The van der Waals surface area contributed by atoms with Gasteiger partial charge >= 0.3 is 0 Å². The van der Waals surface area contributed by atoms with Gasteiger partial charge in [-0.15, -0.1) is 4.91 Å². The summed E-state index contributed by atoms with van der Waals surface area (Å²) in [4.78, 5) is 14.1. The van der Waals surface area contributed by atoms with Crippen molar-refractivity contribution in [2.45, 2.75) is 12.8 Å². The Kier molecular flexibility index (Phi) is 3.58. The molecule has 2 rings (SSSR count). The van der Waals surface area contributed by atoms with Crippen LogP contribution in [0.2, 0.25) is 0 Å². The van der Waals surface area contributed by atoms with E-state index in [9.17, 15) is 4.91 Å². The van der Waals surface area contributed by atoms with Crippen molar-refractivity contribution in [3.05, 3.63) is 28.7 Å². The van der Waals surface area contributed by atoms with Gasteiger partial charge in [0, 0.05) is 0 Å². The SMILES string of the molecule is O=NOCCCc1ccc2c(c1)OCCO2. The van der Waals surface area contributed by atoms with Gasteiger partial charge in [0.25, 0.3) is 0 Å². The lowest BCUT2D eigenvalue weighted by molar-refractivity contribution is 0.137. The summed E-state index contributed by atoms with van der Waals surface area (Å²) < 4.78 is 10.9. The van der Waals surface area contributed by atoms with Crippen molar-refractivity contribution < 1.29 is 14.3 Å². The van der Waals surface area contributed by atoms with Gasteiger partial charge in [-0.25, -0.2) is 0 Å². The minimum Gasteiger partial charge on any atom is -0.486 e. The first-order chi connectivity index (χ1) is 7.90. The van der Waals surface area contributed by atoms with E-state index >= 15 is 0 Å². The number of ether oxygens (including phenoxy) is 2. The summed E-state index contributed by atoms with van der Waals surface area (Å²) in [6.45, 7) is 1.54. The van der Waals surface area contributed by atoms with Crippen LogP contribution < -0.4 is 9.47 Å². The molecule has 86 valence electrons. The van der Waals surface area contributed by atoms with E-state index in [0.717, 1.165) is 29.9 Å². The number of benzene rings is 1. The zero-order chi connectivity index (χ0) is 11.2. The summed E-state index contributed by atoms with van der Waals surface area (Å²) in [5.74, 6) is 1.58. The number of hydrogen-bond acceptors (Lipinski definition) is 5. The fourth-order valence-electron chi connectivity index (χ4n) is 1.62. The Morgan fingerprint density at radius 1 is 1.25 bits per heavy atom. The summed E-state index contributed by atoms with van der Waals surface area (Å²) in [7, 11) is 0. The van der Waals surface area contributed by atoms with Gasteiger partial charge in [-0.2, -0.15) is 0 Å². The van der Waals surface area contributed by atoms with Crippen LogP contribution in [0, 0.1) is 4.91 Å². The van der Waals surface area contributed by atoms with Crippen LogP contribution >= 0.6 is 0 Å². The lowest BCUT2D eigenvalue weighted by atomic mass is 10.1. The molecule has 1 aromatic carbocycles. The van der Waals surface area contributed by atoms with E-state index in [2.05, 4.69) is 10.2 Å². The van der Waals surface area contributed by atoms with Crippen LogP contribution in [0.25, 0.3) is 0 Å². The molecule has 0 bridgehead atoms. The minimum absolute atomic E-state index is 0.345. The zero-order valence-corrected chi connectivity index (χ0v) is 8.85. The molecule has 0 fully saturated rings. The Morgan fingerprint density at radius 3 is 2.88 bits per heavy atom. The number of nitrogens with zero attached hydrogens (tertiary/aromatic N) is 1. The maximum Gasteiger partial charge on any atom is 0.161 e. The van der Waals surface area contributed by atoms with Crippen LogP contribution in [0.1, 0.15) is 12.0 Å². The quantitative estimate of drug-likeness (QED) is 0.435. The molecule has 1 aliphatic rings. The Labute approximate surface area is 93.2 Å². The molecule has 5 heteroatoms. The highest BCUT2D eigenvalue weighted by molar-refractivity contribution is 5.43. The average molecular weight is 223 g/mol. The van der Waals surface area contributed by atoms with Crippen LogP contribution in [0.15, 0.2) is 23.5 Å². The lowest BCUT2D eigenvalue weighted by Gasteiger charge is -2.18.